The molecule has 1 aromatic carbocycles. The van der Waals surface area contributed by atoms with Crippen LogP contribution in [0.25, 0.3) is 0 Å². The number of benzene rings is 1. The molecule has 0 aliphatic heterocycles. The van der Waals surface area contributed by atoms with Gasteiger partial charge < -0.3 is 10.4 Å². The van der Waals surface area contributed by atoms with Crippen LogP contribution in [0, 0.1) is 6.92 Å². The van der Waals surface area contributed by atoms with Gasteiger partial charge in [-0.25, -0.2) is 0 Å². The number of aryl methyl sites for hydroxylation is 1. The summed E-state index contributed by atoms with van der Waals surface area (Å²) in [6.45, 7) is 5.04. The number of hydrogen-bond acceptors (Lipinski definition) is 3. The van der Waals surface area contributed by atoms with E-state index < -0.39 is 11.4 Å². The van der Waals surface area contributed by atoms with E-state index in [9.17, 15) is 14.7 Å². The lowest BCUT2D eigenvalue weighted by molar-refractivity contribution is -0.142. The fraction of sp³-hybridized carbons (Fsp3) is 0.267. The van der Waals surface area contributed by atoms with E-state index >= 15 is 0 Å². The van der Waals surface area contributed by atoms with E-state index in [0.29, 0.717) is 22.5 Å². The van der Waals surface area contributed by atoms with E-state index in [1.807, 2.05) is 0 Å². The van der Waals surface area contributed by atoms with Crippen LogP contribution in [0.4, 0.5) is 5.69 Å². The highest BCUT2D eigenvalue weighted by Crippen LogP contribution is 2.25. The second-order valence-electron chi connectivity index (χ2n) is 5.37. The number of carbonyl (C=O) groups is 2. The smallest absolute Gasteiger partial charge is 0.313 e. The predicted octanol–water partition coefficient (Wildman–Crippen LogP) is 2.33. The quantitative estimate of drug-likeness (QED) is 0.804. The molecule has 0 saturated heterocycles. The van der Waals surface area contributed by atoms with E-state index in [0.717, 1.165) is 0 Å². The molecule has 110 valence electrons. The molecular formula is C15H17N3O3. The number of H-pyrrole nitrogens is 1. The largest absolute Gasteiger partial charge is 0.481 e. The van der Waals surface area contributed by atoms with E-state index in [1.54, 1.807) is 45.0 Å². The molecule has 0 fully saturated rings. The molecule has 0 radical (unpaired) electrons. The molecule has 6 nitrogen and oxygen atoms in total. The zero-order valence-electron chi connectivity index (χ0n) is 12.1. The van der Waals surface area contributed by atoms with Crippen LogP contribution in [0.3, 0.4) is 0 Å². The third kappa shape index (κ3) is 2.94. The molecule has 6 heteroatoms. The van der Waals surface area contributed by atoms with Crippen molar-refractivity contribution in [3.05, 3.63) is 47.3 Å². The number of hydrogen-bond donors (Lipinski definition) is 3. The van der Waals surface area contributed by atoms with Crippen molar-refractivity contribution in [1.82, 2.24) is 10.2 Å². The van der Waals surface area contributed by atoms with Crippen LogP contribution in [-0.2, 0) is 10.2 Å². The molecule has 0 bridgehead atoms. The number of nitrogens with zero attached hydrogens (tertiary/aromatic N) is 1. The molecule has 3 N–H and O–H groups in total. The summed E-state index contributed by atoms with van der Waals surface area (Å²) in [6.07, 6.45) is 1.46. The Morgan fingerprint density at radius 1 is 1.24 bits per heavy atom. The summed E-state index contributed by atoms with van der Waals surface area (Å²) in [5.41, 5.74) is 1.48. The van der Waals surface area contributed by atoms with Gasteiger partial charge in [0.05, 0.1) is 17.2 Å². The number of anilines is 1. The molecule has 2 aromatic rings. The topological polar surface area (TPSA) is 95.1 Å². The minimum atomic E-state index is -0.969. The van der Waals surface area contributed by atoms with Crippen LogP contribution in [-0.4, -0.2) is 27.2 Å². The highest BCUT2D eigenvalue weighted by atomic mass is 16.4. The first-order chi connectivity index (χ1) is 9.82. The normalized spacial score (nSPS) is 11.2. The molecule has 2 rings (SSSR count). The highest BCUT2D eigenvalue weighted by molar-refractivity contribution is 6.04. The van der Waals surface area contributed by atoms with Gasteiger partial charge in [-0.05, 0) is 38.5 Å². The lowest BCUT2D eigenvalue weighted by atomic mass is 9.85. The molecule has 1 amide bonds. The lowest BCUT2D eigenvalue weighted by Crippen LogP contribution is -2.28. The Labute approximate surface area is 122 Å². The Morgan fingerprint density at radius 2 is 1.86 bits per heavy atom. The van der Waals surface area contributed by atoms with E-state index in [1.165, 1.54) is 6.20 Å². The first-order valence-corrected chi connectivity index (χ1v) is 6.47. The summed E-state index contributed by atoms with van der Waals surface area (Å²) >= 11 is 0. The van der Waals surface area contributed by atoms with Crippen molar-refractivity contribution in [1.29, 1.82) is 0 Å². The lowest BCUT2D eigenvalue weighted by Gasteiger charge is -2.19. The molecule has 21 heavy (non-hydrogen) atoms. The number of rotatable bonds is 4. The van der Waals surface area contributed by atoms with Crippen molar-refractivity contribution in [2.45, 2.75) is 26.2 Å². The van der Waals surface area contributed by atoms with E-state index in [-0.39, 0.29) is 5.91 Å². The minimum Gasteiger partial charge on any atom is -0.481 e. The maximum absolute atomic E-state index is 12.0. The number of carboxylic acids is 1. The van der Waals surface area contributed by atoms with Crippen LogP contribution < -0.4 is 5.32 Å². The summed E-state index contributed by atoms with van der Waals surface area (Å²) in [7, 11) is 0. The molecular weight excluding hydrogens is 270 g/mol. The molecule has 0 atom stereocenters. The van der Waals surface area contributed by atoms with Gasteiger partial charge >= 0.3 is 5.97 Å². The van der Waals surface area contributed by atoms with Crippen LogP contribution in [0.15, 0.2) is 30.5 Å². The minimum absolute atomic E-state index is 0.258. The summed E-state index contributed by atoms with van der Waals surface area (Å²) in [4.78, 5) is 23.2. The summed E-state index contributed by atoms with van der Waals surface area (Å²) < 4.78 is 0. The molecule has 1 aromatic heterocycles. The second kappa shape index (κ2) is 5.40. The van der Waals surface area contributed by atoms with E-state index in [2.05, 4.69) is 15.5 Å². The summed E-state index contributed by atoms with van der Waals surface area (Å²) in [6, 6.07) is 6.78. The van der Waals surface area contributed by atoms with Crippen LogP contribution in [0.5, 0.6) is 0 Å². The Kier molecular flexibility index (Phi) is 3.80. The number of aliphatic carboxylic acids is 1. The highest BCUT2D eigenvalue weighted by Gasteiger charge is 2.29. The summed E-state index contributed by atoms with van der Waals surface area (Å²) in [5.74, 6) is -1.15. The first-order valence-electron chi connectivity index (χ1n) is 6.47. The maximum atomic E-state index is 12.0. The van der Waals surface area contributed by atoms with Crippen molar-refractivity contribution < 1.29 is 14.7 Å². The van der Waals surface area contributed by atoms with Gasteiger partial charge in [-0.3, -0.25) is 14.7 Å². The number of carbonyl (C=O) groups excluding carboxylic acids is 1. The monoisotopic (exact) mass is 287 g/mol. The number of amides is 1. The van der Waals surface area contributed by atoms with Gasteiger partial charge in [0.2, 0.25) is 0 Å². The molecule has 0 aliphatic carbocycles. The Balaban J connectivity index is 2.15. The van der Waals surface area contributed by atoms with Gasteiger partial charge in [0.1, 0.15) is 0 Å². The Bertz CT molecular complexity index is 672. The van der Waals surface area contributed by atoms with Crippen LogP contribution in [0.2, 0.25) is 0 Å². The molecule has 1 heterocycles. The van der Waals surface area contributed by atoms with Gasteiger partial charge in [-0.15, -0.1) is 0 Å². The first kappa shape index (κ1) is 14.8. The van der Waals surface area contributed by atoms with Gasteiger partial charge in [0, 0.05) is 11.4 Å². The molecule has 0 saturated carbocycles. The van der Waals surface area contributed by atoms with Crippen LogP contribution >= 0.6 is 0 Å². The maximum Gasteiger partial charge on any atom is 0.313 e. The van der Waals surface area contributed by atoms with Gasteiger partial charge in [-0.1, -0.05) is 12.1 Å². The predicted molar refractivity (Wildman–Crippen MR) is 78.4 cm³/mol. The average Bonchev–Trinajstić information content (AvgIpc) is 2.85. The zero-order chi connectivity index (χ0) is 15.6. The molecule has 0 unspecified atom stereocenters. The van der Waals surface area contributed by atoms with E-state index in [4.69, 9.17) is 0 Å². The number of carboxylic acid groups (broad SMARTS) is 1. The van der Waals surface area contributed by atoms with Gasteiger partial charge in [-0.2, -0.15) is 5.10 Å². The van der Waals surface area contributed by atoms with Crippen molar-refractivity contribution in [3.8, 4) is 0 Å². The second-order valence-corrected chi connectivity index (χ2v) is 5.37. The molecule has 0 spiro atoms. The Hall–Kier alpha value is -2.63. The van der Waals surface area contributed by atoms with Crippen molar-refractivity contribution in [2.75, 3.05) is 5.32 Å². The van der Waals surface area contributed by atoms with Crippen LogP contribution in [0.1, 0.15) is 35.5 Å². The number of aromatic amines is 1. The van der Waals surface area contributed by atoms with Crippen molar-refractivity contribution >= 4 is 17.6 Å². The third-order valence-electron chi connectivity index (χ3n) is 3.47. The van der Waals surface area contributed by atoms with Crippen molar-refractivity contribution in [2.24, 2.45) is 0 Å². The Morgan fingerprint density at radius 3 is 2.33 bits per heavy atom. The van der Waals surface area contributed by atoms with Gasteiger partial charge in [0.15, 0.2) is 0 Å². The van der Waals surface area contributed by atoms with Gasteiger partial charge in [0.25, 0.3) is 5.91 Å². The third-order valence-corrected chi connectivity index (χ3v) is 3.47. The zero-order valence-corrected chi connectivity index (χ0v) is 12.1. The average molecular weight is 287 g/mol. The fourth-order valence-electron chi connectivity index (χ4n) is 1.87. The molecule has 0 aliphatic rings. The summed E-state index contributed by atoms with van der Waals surface area (Å²) in [5, 5.41) is 18.4. The number of aromatic nitrogens is 2. The fourth-order valence-corrected chi connectivity index (χ4v) is 1.87. The standard InChI is InChI=1S/C15H17N3O3/c1-9-12(8-16-18-9)13(19)17-11-6-4-10(5-7-11)15(2,3)14(20)21/h4-8H,1-3H3,(H,16,18)(H,17,19)(H,20,21). The van der Waals surface area contributed by atoms with Crippen molar-refractivity contribution in [3.63, 3.8) is 0 Å². The number of nitrogens with one attached hydrogen (secondary N) is 2. The SMILES string of the molecule is Cc1[nH]ncc1C(=O)Nc1ccc(C(C)(C)C(=O)O)cc1.